The summed E-state index contributed by atoms with van der Waals surface area (Å²) < 4.78 is 13.9. The van der Waals surface area contributed by atoms with Crippen molar-refractivity contribution in [1.29, 1.82) is 0 Å². The molecule has 1 aromatic carbocycles. The van der Waals surface area contributed by atoms with Gasteiger partial charge in [-0.3, -0.25) is 0 Å². The Balaban J connectivity index is 1.97. The van der Waals surface area contributed by atoms with Crippen LogP contribution in [0.2, 0.25) is 0 Å². The lowest BCUT2D eigenvalue weighted by molar-refractivity contribution is 0.537. The SMILES string of the molecule is Fc1cc2c(cc1Br)NC1CCCC1CN2. The van der Waals surface area contributed by atoms with Gasteiger partial charge in [0, 0.05) is 18.7 Å². The predicted molar refractivity (Wildman–Crippen MR) is 67.3 cm³/mol. The highest BCUT2D eigenvalue weighted by molar-refractivity contribution is 9.10. The van der Waals surface area contributed by atoms with Crippen LogP contribution < -0.4 is 10.6 Å². The maximum atomic E-state index is 13.4. The molecule has 1 fully saturated rings. The summed E-state index contributed by atoms with van der Waals surface area (Å²) in [4.78, 5) is 0. The zero-order valence-electron chi connectivity index (χ0n) is 8.89. The number of nitrogens with one attached hydrogen (secondary N) is 2. The van der Waals surface area contributed by atoms with Crippen LogP contribution in [0, 0.1) is 11.7 Å². The molecular formula is C12H14BrFN2. The van der Waals surface area contributed by atoms with E-state index in [1.165, 1.54) is 19.3 Å². The molecule has 0 aromatic heterocycles. The second kappa shape index (κ2) is 3.91. The van der Waals surface area contributed by atoms with Gasteiger partial charge in [0.1, 0.15) is 5.82 Å². The van der Waals surface area contributed by atoms with Crippen LogP contribution in [0.25, 0.3) is 0 Å². The first-order valence-corrected chi connectivity index (χ1v) is 6.53. The van der Waals surface area contributed by atoms with Crippen LogP contribution in [0.5, 0.6) is 0 Å². The Morgan fingerprint density at radius 1 is 1.25 bits per heavy atom. The molecule has 1 aliphatic heterocycles. The summed E-state index contributed by atoms with van der Waals surface area (Å²) in [7, 11) is 0. The third-order valence-electron chi connectivity index (χ3n) is 3.62. The maximum absolute atomic E-state index is 13.4. The molecule has 2 atom stereocenters. The first-order chi connectivity index (χ1) is 7.74. The van der Waals surface area contributed by atoms with Gasteiger partial charge in [0.2, 0.25) is 0 Å². The molecule has 4 heteroatoms. The van der Waals surface area contributed by atoms with Crippen molar-refractivity contribution in [1.82, 2.24) is 0 Å². The largest absolute Gasteiger partial charge is 0.383 e. The van der Waals surface area contributed by atoms with E-state index < -0.39 is 0 Å². The van der Waals surface area contributed by atoms with Crippen molar-refractivity contribution >= 4 is 27.3 Å². The molecule has 1 saturated carbocycles. The van der Waals surface area contributed by atoms with Gasteiger partial charge in [0.15, 0.2) is 0 Å². The van der Waals surface area contributed by atoms with Crippen LogP contribution >= 0.6 is 15.9 Å². The summed E-state index contributed by atoms with van der Waals surface area (Å²) in [5.74, 6) is 0.467. The van der Waals surface area contributed by atoms with E-state index in [0.29, 0.717) is 16.4 Å². The number of anilines is 2. The second-order valence-electron chi connectivity index (χ2n) is 4.63. The van der Waals surface area contributed by atoms with E-state index in [1.54, 1.807) is 6.07 Å². The van der Waals surface area contributed by atoms with Crippen molar-refractivity contribution in [2.24, 2.45) is 5.92 Å². The summed E-state index contributed by atoms with van der Waals surface area (Å²) in [6, 6.07) is 3.94. The quantitative estimate of drug-likeness (QED) is 0.761. The molecule has 2 aliphatic rings. The van der Waals surface area contributed by atoms with Crippen LogP contribution in [0.15, 0.2) is 16.6 Å². The molecule has 86 valence electrons. The Bertz CT molecular complexity index is 422. The monoisotopic (exact) mass is 284 g/mol. The fourth-order valence-corrected chi connectivity index (χ4v) is 3.07. The van der Waals surface area contributed by atoms with Crippen molar-refractivity contribution in [3.05, 3.63) is 22.4 Å². The van der Waals surface area contributed by atoms with Gasteiger partial charge in [-0.2, -0.15) is 0 Å². The van der Waals surface area contributed by atoms with Gasteiger partial charge in [-0.1, -0.05) is 6.42 Å². The summed E-state index contributed by atoms with van der Waals surface area (Å²) in [5.41, 5.74) is 1.90. The maximum Gasteiger partial charge on any atom is 0.139 e. The van der Waals surface area contributed by atoms with Gasteiger partial charge in [0.25, 0.3) is 0 Å². The van der Waals surface area contributed by atoms with E-state index in [2.05, 4.69) is 26.6 Å². The average molecular weight is 285 g/mol. The molecule has 2 N–H and O–H groups in total. The van der Waals surface area contributed by atoms with E-state index in [9.17, 15) is 4.39 Å². The van der Waals surface area contributed by atoms with E-state index in [1.807, 2.05) is 6.07 Å². The molecule has 1 heterocycles. The van der Waals surface area contributed by atoms with Crippen LogP contribution in [-0.2, 0) is 0 Å². The fraction of sp³-hybridized carbons (Fsp3) is 0.500. The molecule has 3 rings (SSSR count). The van der Waals surface area contributed by atoms with Crippen molar-refractivity contribution in [3.63, 3.8) is 0 Å². The summed E-state index contributed by atoms with van der Waals surface area (Å²) in [6.07, 6.45) is 3.78. The molecular weight excluding hydrogens is 271 g/mol. The van der Waals surface area contributed by atoms with Gasteiger partial charge < -0.3 is 10.6 Å². The van der Waals surface area contributed by atoms with E-state index in [0.717, 1.165) is 17.9 Å². The number of rotatable bonds is 0. The molecule has 2 unspecified atom stereocenters. The van der Waals surface area contributed by atoms with Crippen molar-refractivity contribution in [3.8, 4) is 0 Å². The predicted octanol–water partition coefficient (Wildman–Crippen LogP) is 3.59. The summed E-state index contributed by atoms with van der Waals surface area (Å²) >= 11 is 3.23. The minimum Gasteiger partial charge on any atom is -0.383 e. The first-order valence-electron chi connectivity index (χ1n) is 5.73. The zero-order chi connectivity index (χ0) is 11.1. The van der Waals surface area contributed by atoms with Crippen LogP contribution in [0.4, 0.5) is 15.8 Å². The van der Waals surface area contributed by atoms with Crippen molar-refractivity contribution in [2.75, 3.05) is 17.2 Å². The lowest BCUT2D eigenvalue weighted by Crippen LogP contribution is -2.25. The minimum atomic E-state index is -0.208. The number of fused-ring (bicyclic) bond motifs is 2. The molecule has 1 aliphatic carbocycles. The molecule has 0 spiro atoms. The highest BCUT2D eigenvalue weighted by Gasteiger charge is 2.30. The lowest BCUT2D eigenvalue weighted by atomic mass is 10.0. The topological polar surface area (TPSA) is 24.1 Å². The zero-order valence-corrected chi connectivity index (χ0v) is 10.5. The van der Waals surface area contributed by atoms with Crippen molar-refractivity contribution in [2.45, 2.75) is 25.3 Å². The van der Waals surface area contributed by atoms with Crippen LogP contribution in [-0.4, -0.2) is 12.6 Å². The normalized spacial score (nSPS) is 27.4. The average Bonchev–Trinajstić information content (AvgIpc) is 2.63. The van der Waals surface area contributed by atoms with Crippen molar-refractivity contribution < 1.29 is 4.39 Å². The molecule has 0 saturated heterocycles. The third kappa shape index (κ3) is 1.69. The van der Waals surface area contributed by atoms with Gasteiger partial charge >= 0.3 is 0 Å². The Hall–Kier alpha value is -0.770. The Kier molecular flexibility index (Phi) is 2.54. The molecule has 0 bridgehead atoms. The van der Waals surface area contributed by atoms with Gasteiger partial charge in [-0.15, -0.1) is 0 Å². The minimum absolute atomic E-state index is 0.208. The second-order valence-corrected chi connectivity index (χ2v) is 5.49. The summed E-state index contributed by atoms with van der Waals surface area (Å²) in [6.45, 7) is 0.950. The highest BCUT2D eigenvalue weighted by Crippen LogP contribution is 2.37. The molecule has 16 heavy (non-hydrogen) atoms. The molecule has 0 radical (unpaired) electrons. The van der Waals surface area contributed by atoms with Crippen LogP contribution in [0.1, 0.15) is 19.3 Å². The van der Waals surface area contributed by atoms with Gasteiger partial charge in [-0.25, -0.2) is 4.39 Å². The lowest BCUT2D eigenvalue weighted by Gasteiger charge is -2.17. The van der Waals surface area contributed by atoms with Gasteiger partial charge in [0.05, 0.1) is 15.8 Å². The smallest absolute Gasteiger partial charge is 0.139 e. The summed E-state index contributed by atoms with van der Waals surface area (Å²) in [5, 5.41) is 6.87. The Morgan fingerprint density at radius 3 is 3.00 bits per heavy atom. The van der Waals surface area contributed by atoms with Gasteiger partial charge in [-0.05, 0) is 40.8 Å². The van der Waals surface area contributed by atoms with E-state index >= 15 is 0 Å². The number of benzene rings is 1. The third-order valence-corrected chi connectivity index (χ3v) is 4.22. The Morgan fingerprint density at radius 2 is 2.12 bits per heavy atom. The molecule has 2 nitrogen and oxygen atoms in total. The van der Waals surface area contributed by atoms with E-state index in [4.69, 9.17) is 0 Å². The molecule has 1 aromatic rings. The molecule has 0 amide bonds. The number of hydrogen-bond donors (Lipinski definition) is 2. The number of halogens is 2. The fourth-order valence-electron chi connectivity index (χ4n) is 2.72. The highest BCUT2D eigenvalue weighted by atomic mass is 79.9. The van der Waals surface area contributed by atoms with E-state index in [-0.39, 0.29) is 5.82 Å². The Labute approximate surface area is 103 Å². The first kappa shape index (κ1) is 10.4. The standard InChI is InChI=1S/C12H14BrFN2/c13-8-4-12-11(5-9(8)14)15-6-7-2-1-3-10(7)16-12/h4-5,7,10,15-16H,1-3,6H2. The number of hydrogen-bond acceptors (Lipinski definition) is 2. The van der Waals surface area contributed by atoms with Crippen LogP contribution in [0.3, 0.4) is 0 Å².